The van der Waals surface area contributed by atoms with Gasteiger partial charge in [-0.15, -0.1) is 0 Å². The Bertz CT molecular complexity index is 158. The van der Waals surface area contributed by atoms with Crippen molar-refractivity contribution in [3.05, 3.63) is 0 Å². The summed E-state index contributed by atoms with van der Waals surface area (Å²) in [6, 6.07) is 0.672. The molecule has 0 amide bonds. The van der Waals surface area contributed by atoms with Crippen molar-refractivity contribution in [2.24, 2.45) is 0 Å². The van der Waals surface area contributed by atoms with Crippen LogP contribution in [0.25, 0.3) is 0 Å². The Hall–Kier alpha value is 0.0400. The molecule has 76 valence electrons. The first-order chi connectivity index (χ1) is 6.33. The molecule has 0 aliphatic heterocycles. The molecule has 1 aliphatic carbocycles. The first kappa shape index (κ1) is 11.1. The lowest BCUT2D eigenvalue weighted by molar-refractivity contribution is 0.743. The summed E-state index contributed by atoms with van der Waals surface area (Å²) in [7, 11) is 0. The van der Waals surface area contributed by atoms with E-state index in [1.165, 1.54) is 31.4 Å². The molecular formula is C9H18N2S2. The molecule has 0 saturated heterocycles. The van der Waals surface area contributed by atoms with Gasteiger partial charge in [0, 0.05) is 12.6 Å². The topological polar surface area (TPSA) is 24.1 Å². The first-order valence-corrected chi connectivity index (χ1v) is 6.66. The smallest absolute Gasteiger partial charge is 0.166 e. The van der Waals surface area contributed by atoms with Crippen LogP contribution in [-0.4, -0.2) is 29.7 Å². The molecule has 0 radical (unpaired) electrons. The molecule has 1 fully saturated rings. The quantitative estimate of drug-likeness (QED) is 0.524. The van der Waals surface area contributed by atoms with Crippen LogP contribution in [0.3, 0.4) is 0 Å². The van der Waals surface area contributed by atoms with E-state index >= 15 is 0 Å². The summed E-state index contributed by atoms with van der Waals surface area (Å²) in [5, 5.41) is 7.32. The predicted octanol–water partition coefficient (Wildman–Crippen LogP) is 1.76. The van der Waals surface area contributed by atoms with Crippen molar-refractivity contribution in [1.82, 2.24) is 10.6 Å². The molecule has 1 rings (SSSR count). The monoisotopic (exact) mass is 218 g/mol. The number of unbranched alkanes of at least 4 members (excludes halogenated alkanes) is 1. The van der Waals surface area contributed by atoms with Gasteiger partial charge in [-0.05, 0) is 49.9 Å². The normalized spacial score (nSPS) is 15.5. The minimum absolute atomic E-state index is 0.672. The molecule has 0 spiro atoms. The lowest BCUT2D eigenvalue weighted by Crippen LogP contribution is -2.36. The van der Waals surface area contributed by atoms with Crippen LogP contribution in [-0.2, 0) is 0 Å². The SMILES string of the molecule is CSCCCCNC(=S)NC1CC1. The summed E-state index contributed by atoms with van der Waals surface area (Å²) in [6.45, 7) is 1.01. The summed E-state index contributed by atoms with van der Waals surface area (Å²) in [4.78, 5) is 0. The van der Waals surface area contributed by atoms with Gasteiger partial charge in [0.15, 0.2) is 5.11 Å². The lowest BCUT2D eigenvalue weighted by Gasteiger charge is -2.08. The van der Waals surface area contributed by atoms with Gasteiger partial charge in [-0.2, -0.15) is 11.8 Å². The molecule has 2 nitrogen and oxygen atoms in total. The minimum Gasteiger partial charge on any atom is -0.363 e. The lowest BCUT2D eigenvalue weighted by atomic mass is 10.3. The molecule has 13 heavy (non-hydrogen) atoms. The third-order valence-electron chi connectivity index (χ3n) is 1.97. The van der Waals surface area contributed by atoms with Crippen molar-refractivity contribution >= 4 is 29.1 Å². The van der Waals surface area contributed by atoms with Gasteiger partial charge < -0.3 is 10.6 Å². The predicted molar refractivity (Wildman–Crippen MR) is 64.4 cm³/mol. The number of nitrogens with one attached hydrogen (secondary N) is 2. The Morgan fingerprint density at radius 3 is 2.85 bits per heavy atom. The molecule has 0 bridgehead atoms. The zero-order valence-electron chi connectivity index (χ0n) is 8.14. The molecular weight excluding hydrogens is 200 g/mol. The highest BCUT2D eigenvalue weighted by Crippen LogP contribution is 2.18. The first-order valence-electron chi connectivity index (χ1n) is 4.86. The molecule has 0 heterocycles. The van der Waals surface area contributed by atoms with Crippen LogP contribution in [0.2, 0.25) is 0 Å². The summed E-state index contributed by atoms with van der Waals surface area (Å²) >= 11 is 7.03. The van der Waals surface area contributed by atoms with Gasteiger partial charge in [0.2, 0.25) is 0 Å². The van der Waals surface area contributed by atoms with Crippen molar-refractivity contribution in [1.29, 1.82) is 0 Å². The van der Waals surface area contributed by atoms with Crippen molar-refractivity contribution in [3.63, 3.8) is 0 Å². The Morgan fingerprint density at radius 2 is 2.23 bits per heavy atom. The third kappa shape index (κ3) is 6.16. The number of rotatable bonds is 6. The molecule has 0 atom stereocenters. The second-order valence-electron chi connectivity index (χ2n) is 3.37. The van der Waals surface area contributed by atoms with Crippen molar-refractivity contribution in [3.8, 4) is 0 Å². The largest absolute Gasteiger partial charge is 0.363 e. The Morgan fingerprint density at radius 1 is 1.46 bits per heavy atom. The van der Waals surface area contributed by atoms with Crippen LogP contribution in [0.15, 0.2) is 0 Å². The second kappa shape index (κ2) is 6.49. The maximum atomic E-state index is 5.12. The van der Waals surface area contributed by atoms with Crippen LogP contribution in [0.1, 0.15) is 25.7 Å². The number of hydrogen-bond acceptors (Lipinski definition) is 2. The standard InChI is InChI=1S/C9H18N2S2/c1-13-7-3-2-6-10-9(12)11-8-4-5-8/h8H,2-7H2,1H3,(H2,10,11,12). The van der Waals surface area contributed by atoms with E-state index in [1.807, 2.05) is 11.8 Å². The van der Waals surface area contributed by atoms with E-state index in [9.17, 15) is 0 Å². The number of thiocarbonyl (C=S) groups is 1. The molecule has 0 unspecified atom stereocenters. The van der Waals surface area contributed by atoms with Crippen molar-refractivity contribution < 1.29 is 0 Å². The van der Waals surface area contributed by atoms with Gasteiger partial charge in [0.05, 0.1) is 0 Å². The van der Waals surface area contributed by atoms with Gasteiger partial charge in [-0.3, -0.25) is 0 Å². The summed E-state index contributed by atoms with van der Waals surface area (Å²) < 4.78 is 0. The number of thioether (sulfide) groups is 1. The average molecular weight is 218 g/mol. The van der Waals surface area contributed by atoms with Gasteiger partial charge in [-0.25, -0.2) is 0 Å². The summed E-state index contributed by atoms with van der Waals surface area (Å²) in [6.07, 6.45) is 7.21. The summed E-state index contributed by atoms with van der Waals surface area (Å²) in [5.41, 5.74) is 0. The Balaban J connectivity index is 1.83. The third-order valence-corrected chi connectivity index (χ3v) is 2.93. The zero-order chi connectivity index (χ0) is 9.52. The molecule has 1 aliphatic rings. The van der Waals surface area contributed by atoms with Crippen LogP contribution in [0.4, 0.5) is 0 Å². The van der Waals surface area contributed by atoms with Crippen molar-refractivity contribution in [2.45, 2.75) is 31.7 Å². The van der Waals surface area contributed by atoms with Crippen LogP contribution in [0, 0.1) is 0 Å². The highest BCUT2D eigenvalue weighted by atomic mass is 32.2. The van der Waals surface area contributed by atoms with Crippen LogP contribution in [0.5, 0.6) is 0 Å². The van der Waals surface area contributed by atoms with E-state index in [0.717, 1.165) is 11.7 Å². The van der Waals surface area contributed by atoms with Gasteiger partial charge >= 0.3 is 0 Å². The minimum atomic E-state index is 0.672. The van der Waals surface area contributed by atoms with E-state index in [-0.39, 0.29) is 0 Å². The highest BCUT2D eigenvalue weighted by Gasteiger charge is 2.21. The molecule has 0 aromatic rings. The van der Waals surface area contributed by atoms with Crippen LogP contribution >= 0.6 is 24.0 Å². The molecule has 1 saturated carbocycles. The van der Waals surface area contributed by atoms with E-state index < -0.39 is 0 Å². The maximum Gasteiger partial charge on any atom is 0.166 e. The van der Waals surface area contributed by atoms with E-state index in [0.29, 0.717) is 6.04 Å². The number of hydrogen-bond donors (Lipinski definition) is 2. The average Bonchev–Trinajstić information content (AvgIpc) is 2.88. The Kier molecular flexibility index (Phi) is 5.55. The second-order valence-corrected chi connectivity index (χ2v) is 4.77. The van der Waals surface area contributed by atoms with Gasteiger partial charge in [0.1, 0.15) is 0 Å². The zero-order valence-corrected chi connectivity index (χ0v) is 9.77. The van der Waals surface area contributed by atoms with Gasteiger partial charge in [0.25, 0.3) is 0 Å². The van der Waals surface area contributed by atoms with Gasteiger partial charge in [-0.1, -0.05) is 0 Å². The highest BCUT2D eigenvalue weighted by molar-refractivity contribution is 7.98. The van der Waals surface area contributed by atoms with Crippen LogP contribution < -0.4 is 10.6 Å². The Labute approximate surface area is 90.2 Å². The van der Waals surface area contributed by atoms with E-state index in [1.54, 1.807) is 0 Å². The van der Waals surface area contributed by atoms with Crippen molar-refractivity contribution in [2.75, 3.05) is 18.6 Å². The van der Waals surface area contributed by atoms with E-state index in [4.69, 9.17) is 12.2 Å². The fraction of sp³-hybridized carbons (Fsp3) is 0.889. The molecule has 0 aromatic heterocycles. The molecule has 4 heteroatoms. The molecule has 0 aromatic carbocycles. The fourth-order valence-corrected chi connectivity index (χ4v) is 1.80. The van der Waals surface area contributed by atoms with E-state index in [2.05, 4.69) is 16.9 Å². The fourth-order valence-electron chi connectivity index (χ4n) is 1.04. The summed E-state index contributed by atoms with van der Waals surface area (Å²) in [5.74, 6) is 1.25. The maximum absolute atomic E-state index is 5.12. The molecule has 2 N–H and O–H groups in total.